The third kappa shape index (κ3) is 40.7. The van der Waals surface area contributed by atoms with Gasteiger partial charge in [-0.25, -0.2) is 0 Å². The van der Waals surface area contributed by atoms with Crippen molar-refractivity contribution in [3.8, 4) is 0 Å². The molecule has 0 heterocycles. The first kappa shape index (κ1) is 53.0. The Kier molecular flexibility index (Phi) is 42.4. The Labute approximate surface area is 340 Å². The van der Waals surface area contributed by atoms with Crippen LogP contribution >= 0.6 is 43.2 Å². The van der Waals surface area contributed by atoms with Crippen molar-refractivity contribution in [2.45, 2.75) is 89.9 Å². The Balaban J connectivity index is 4.00. The van der Waals surface area contributed by atoms with E-state index in [-0.39, 0.29) is 43.3 Å². The molecule has 0 rings (SSSR count). The second-order valence-corrected chi connectivity index (χ2v) is 17.8. The van der Waals surface area contributed by atoms with Crippen molar-refractivity contribution in [1.29, 1.82) is 0 Å². The molecule has 0 aromatic heterocycles. The number of esters is 4. The summed E-state index contributed by atoms with van der Waals surface area (Å²) < 4.78 is 21.4. The molecule has 0 fully saturated rings. The third-order valence-electron chi connectivity index (χ3n) is 7.58. The Morgan fingerprint density at radius 3 is 1.24 bits per heavy atom. The van der Waals surface area contributed by atoms with Crippen LogP contribution in [0.4, 0.5) is 0 Å². The highest BCUT2D eigenvalue weighted by Crippen LogP contribution is 2.19. The fourth-order valence-corrected chi connectivity index (χ4v) is 8.23. The number of hydrogen-bond donors (Lipinski definition) is 5. The summed E-state index contributed by atoms with van der Waals surface area (Å²) in [4.78, 5) is 50.6. The number of carbonyl (C=O) groups excluding carboxylic acids is 4. The van der Waals surface area contributed by atoms with Gasteiger partial charge in [0.05, 0.1) is 52.1 Å². The van der Waals surface area contributed by atoms with E-state index in [9.17, 15) is 19.2 Å². The van der Waals surface area contributed by atoms with Gasteiger partial charge in [0.1, 0.15) is 0 Å². The van der Waals surface area contributed by atoms with E-state index >= 15 is 0 Å². The van der Waals surface area contributed by atoms with Crippen molar-refractivity contribution in [3.05, 3.63) is 0 Å². The molecule has 54 heavy (non-hydrogen) atoms. The summed E-state index contributed by atoms with van der Waals surface area (Å²) in [5, 5.41) is 15.5. The lowest BCUT2D eigenvalue weighted by Gasteiger charge is -2.21. The third-order valence-corrected chi connectivity index (χ3v) is 12.5. The average Bonchev–Trinajstić information content (AvgIpc) is 3.16. The van der Waals surface area contributed by atoms with Gasteiger partial charge in [0.15, 0.2) is 0 Å². The van der Waals surface area contributed by atoms with E-state index in [4.69, 9.17) is 35.5 Å². The van der Waals surface area contributed by atoms with E-state index < -0.39 is 0 Å². The maximum Gasteiger partial charge on any atom is 0.307 e. The number of carbonyl (C=O) groups is 4. The molecular weight excluding hydrogens is 775 g/mol. The maximum atomic E-state index is 12.4. The van der Waals surface area contributed by atoms with Gasteiger partial charge < -0.3 is 51.1 Å². The molecule has 0 saturated heterocycles. The highest BCUT2D eigenvalue weighted by Gasteiger charge is 2.13. The van der Waals surface area contributed by atoms with Crippen LogP contribution in [-0.4, -0.2) is 149 Å². The van der Waals surface area contributed by atoms with E-state index in [0.717, 1.165) is 94.0 Å². The topological polar surface area (TPSA) is 205 Å². The van der Waals surface area contributed by atoms with E-state index in [2.05, 4.69) is 15.5 Å². The molecule has 0 aliphatic rings. The molecule has 0 unspecified atom stereocenters. The summed E-state index contributed by atoms with van der Waals surface area (Å²) >= 11 is 0. The number of ether oxygens (including phenoxy) is 4. The molecule has 7 N–H and O–H groups in total. The standard InChI is InChI=1S/C36H71N5O9S4/c37-15-29-51-53-31-19-39-17-11-33(43)47-25-7-3-9-27-49-35(45)13-22-41(21-5-1-2-6-24-42)23-14-36(46)50-28-10-4-8-26-48-34(44)12-18-40-20-32-54-52-30-16-38/h39-40,42H,1-32,37-38H2. The lowest BCUT2D eigenvalue weighted by atomic mass is 10.2. The normalized spacial score (nSPS) is 11.2. The Bertz CT molecular complexity index is 841. The van der Waals surface area contributed by atoms with Crippen molar-refractivity contribution in [3.63, 3.8) is 0 Å². The summed E-state index contributed by atoms with van der Waals surface area (Å²) in [6.45, 7) is 7.51. The summed E-state index contributed by atoms with van der Waals surface area (Å²) in [7, 11) is 7.05. The van der Waals surface area contributed by atoms with Crippen LogP contribution in [-0.2, 0) is 38.1 Å². The van der Waals surface area contributed by atoms with E-state index in [0.29, 0.717) is 91.4 Å². The number of rotatable bonds is 42. The van der Waals surface area contributed by atoms with Crippen LogP contribution < -0.4 is 22.1 Å². The number of unbranched alkanes of at least 4 members (excludes halogenated alkanes) is 7. The minimum atomic E-state index is -0.274. The van der Waals surface area contributed by atoms with Crippen molar-refractivity contribution in [1.82, 2.24) is 15.5 Å². The lowest BCUT2D eigenvalue weighted by molar-refractivity contribution is -0.145. The number of nitrogens with zero attached hydrogens (tertiary/aromatic N) is 1. The van der Waals surface area contributed by atoms with Gasteiger partial charge in [-0.3, -0.25) is 19.2 Å². The SMILES string of the molecule is NCCSSCCNCCC(=O)OCCCCCOC(=O)CCN(CCCCCCO)CCC(=O)OCCCCCOC(=O)CCNCCSSCCN. The molecule has 0 saturated carbocycles. The molecule has 0 radical (unpaired) electrons. The first-order valence-corrected chi connectivity index (χ1v) is 24.7. The van der Waals surface area contributed by atoms with Crippen molar-refractivity contribution >= 4 is 67.1 Å². The number of hydrogen-bond acceptors (Lipinski definition) is 18. The van der Waals surface area contributed by atoms with Gasteiger partial charge >= 0.3 is 23.9 Å². The zero-order valence-electron chi connectivity index (χ0n) is 32.6. The molecule has 14 nitrogen and oxygen atoms in total. The molecule has 0 aliphatic carbocycles. The molecule has 0 bridgehead atoms. The van der Waals surface area contributed by atoms with Gasteiger partial charge in [-0.05, 0) is 57.9 Å². The van der Waals surface area contributed by atoms with E-state index in [1.807, 2.05) is 0 Å². The van der Waals surface area contributed by atoms with Crippen molar-refractivity contribution < 1.29 is 43.2 Å². The molecule has 0 spiro atoms. The maximum absolute atomic E-state index is 12.4. The zero-order valence-corrected chi connectivity index (χ0v) is 35.8. The lowest BCUT2D eigenvalue weighted by Crippen LogP contribution is -2.30. The minimum Gasteiger partial charge on any atom is -0.466 e. The van der Waals surface area contributed by atoms with Crippen molar-refractivity contribution in [2.75, 3.05) is 115 Å². The van der Waals surface area contributed by atoms with Gasteiger partial charge in [0, 0.05) is 82.0 Å². The highest BCUT2D eigenvalue weighted by molar-refractivity contribution is 8.77. The Morgan fingerprint density at radius 2 is 0.833 bits per heavy atom. The second-order valence-electron chi connectivity index (χ2n) is 12.3. The molecule has 318 valence electrons. The fraction of sp³-hybridized carbons (Fsp3) is 0.889. The molecule has 0 aromatic rings. The number of aliphatic hydroxyl groups excluding tert-OH is 1. The van der Waals surface area contributed by atoms with E-state index in [1.54, 1.807) is 43.2 Å². The smallest absolute Gasteiger partial charge is 0.307 e. The van der Waals surface area contributed by atoms with Gasteiger partial charge in [-0.2, -0.15) is 0 Å². The quantitative estimate of drug-likeness (QED) is 0.0257. The molecular formula is C36H71N5O9S4. The second kappa shape index (κ2) is 43.2. The Hall–Kier alpha value is -0.960. The summed E-state index contributed by atoms with van der Waals surface area (Å²) in [5.74, 6) is 2.84. The molecule has 0 aromatic carbocycles. The predicted molar refractivity (Wildman–Crippen MR) is 226 cm³/mol. The molecule has 0 amide bonds. The van der Waals surface area contributed by atoms with Gasteiger partial charge in [-0.15, -0.1) is 0 Å². The van der Waals surface area contributed by atoms with Crippen LogP contribution in [0.25, 0.3) is 0 Å². The molecule has 0 atom stereocenters. The number of nitrogens with two attached hydrogens (primary N) is 2. The van der Waals surface area contributed by atoms with Crippen LogP contribution in [0.3, 0.4) is 0 Å². The van der Waals surface area contributed by atoms with Gasteiger partial charge in [-0.1, -0.05) is 56.0 Å². The van der Waals surface area contributed by atoms with Crippen molar-refractivity contribution in [2.24, 2.45) is 11.5 Å². The van der Waals surface area contributed by atoms with Crippen LogP contribution in [0.15, 0.2) is 0 Å². The number of nitrogens with one attached hydrogen (secondary N) is 2. The first-order chi connectivity index (χ1) is 26.4. The largest absolute Gasteiger partial charge is 0.466 e. The fourth-order valence-electron chi connectivity index (χ4n) is 4.62. The number of aliphatic hydroxyl groups is 1. The molecule has 18 heteroatoms. The monoisotopic (exact) mass is 845 g/mol. The highest BCUT2D eigenvalue weighted by atomic mass is 33.1. The van der Waals surface area contributed by atoms with Crippen LogP contribution in [0.1, 0.15) is 89.9 Å². The zero-order chi connectivity index (χ0) is 39.6. The van der Waals surface area contributed by atoms with Gasteiger partial charge in [0.25, 0.3) is 0 Å². The van der Waals surface area contributed by atoms with Crippen LogP contribution in [0.5, 0.6) is 0 Å². The Morgan fingerprint density at radius 1 is 0.463 bits per heavy atom. The average molecular weight is 846 g/mol. The van der Waals surface area contributed by atoms with Gasteiger partial charge in [0.2, 0.25) is 0 Å². The first-order valence-electron chi connectivity index (χ1n) is 19.7. The van der Waals surface area contributed by atoms with Crippen LogP contribution in [0, 0.1) is 0 Å². The predicted octanol–water partition coefficient (Wildman–Crippen LogP) is 3.77. The minimum absolute atomic E-state index is 0.179. The molecule has 0 aliphatic heterocycles. The van der Waals surface area contributed by atoms with E-state index in [1.165, 1.54) is 0 Å². The van der Waals surface area contributed by atoms with Crippen LogP contribution in [0.2, 0.25) is 0 Å². The summed E-state index contributed by atoms with van der Waals surface area (Å²) in [5.41, 5.74) is 10.9. The summed E-state index contributed by atoms with van der Waals surface area (Å²) in [6, 6.07) is 0. The summed E-state index contributed by atoms with van der Waals surface area (Å²) in [6.07, 6.45) is 9.15.